The topological polar surface area (TPSA) is 88.0 Å². The maximum Gasteiger partial charge on any atom is 0.250 e. The van der Waals surface area contributed by atoms with E-state index in [0.29, 0.717) is 11.7 Å². The number of nitrogens with zero attached hydrogens (tertiary/aromatic N) is 6. The molecule has 0 saturated carbocycles. The summed E-state index contributed by atoms with van der Waals surface area (Å²) in [4.78, 5) is 18.6. The smallest absolute Gasteiger partial charge is 0.250 e. The van der Waals surface area contributed by atoms with Crippen LogP contribution in [-0.4, -0.2) is 61.6 Å². The standard InChI is InChI=1S/C22H31N7O2/c1-30-18-9-10-19(31-2)17(15-18)16-23-27-20-24-21(28-11-5-3-6-12-28)26-22(25-20)29-13-7-4-8-14-29/h9-10,15-16H,3-8,11-14H2,1-2H3,(H,24,25,26,27)/b23-16+. The van der Waals surface area contributed by atoms with Crippen LogP contribution in [0.4, 0.5) is 17.8 Å². The maximum absolute atomic E-state index is 5.42. The van der Waals surface area contributed by atoms with Crippen LogP contribution in [0, 0.1) is 0 Å². The molecule has 4 rings (SSSR count). The molecule has 2 fully saturated rings. The second kappa shape index (κ2) is 10.3. The Hall–Kier alpha value is -3.10. The molecule has 2 aliphatic rings. The van der Waals surface area contributed by atoms with Crippen molar-refractivity contribution < 1.29 is 9.47 Å². The highest BCUT2D eigenvalue weighted by atomic mass is 16.5. The van der Waals surface area contributed by atoms with E-state index in [1.165, 1.54) is 38.5 Å². The van der Waals surface area contributed by atoms with E-state index < -0.39 is 0 Å². The number of ether oxygens (including phenoxy) is 2. The van der Waals surface area contributed by atoms with Gasteiger partial charge >= 0.3 is 0 Å². The summed E-state index contributed by atoms with van der Waals surface area (Å²) in [6, 6.07) is 5.58. The summed E-state index contributed by atoms with van der Waals surface area (Å²) in [6.07, 6.45) is 8.88. The van der Waals surface area contributed by atoms with E-state index in [9.17, 15) is 0 Å². The average molecular weight is 426 g/mol. The number of hydrogen-bond donors (Lipinski definition) is 1. The third-order valence-electron chi connectivity index (χ3n) is 5.69. The summed E-state index contributed by atoms with van der Waals surface area (Å²) in [7, 11) is 3.27. The van der Waals surface area contributed by atoms with Gasteiger partial charge in [-0.25, -0.2) is 5.43 Å². The van der Waals surface area contributed by atoms with Gasteiger partial charge in [0, 0.05) is 31.7 Å². The first kappa shape index (κ1) is 21.1. The largest absolute Gasteiger partial charge is 0.497 e. The Labute approximate surface area is 183 Å². The normalized spacial score (nSPS) is 17.1. The van der Waals surface area contributed by atoms with Gasteiger partial charge in [0.05, 0.1) is 20.4 Å². The van der Waals surface area contributed by atoms with Gasteiger partial charge in [-0.15, -0.1) is 0 Å². The van der Waals surface area contributed by atoms with Crippen molar-refractivity contribution in [2.75, 3.05) is 55.6 Å². The fourth-order valence-electron chi connectivity index (χ4n) is 3.97. The highest BCUT2D eigenvalue weighted by Crippen LogP contribution is 2.24. The molecule has 2 aromatic rings. The minimum absolute atomic E-state index is 0.453. The number of benzene rings is 1. The van der Waals surface area contributed by atoms with E-state index in [2.05, 4.69) is 30.3 Å². The zero-order valence-electron chi connectivity index (χ0n) is 18.4. The van der Waals surface area contributed by atoms with Gasteiger partial charge in [0.15, 0.2) is 0 Å². The van der Waals surface area contributed by atoms with Crippen LogP contribution in [0.25, 0.3) is 0 Å². The van der Waals surface area contributed by atoms with Crippen molar-refractivity contribution in [2.45, 2.75) is 38.5 Å². The molecule has 0 atom stereocenters. The lowest BCUT2D eigenvalue weighted by molar-refractivity contribution is 0.402. The number of hydrazone groups is 1. The quantitative estimate of drug-likeness (QED) is 0.534. The van der Waals surface area contributed by atoms with Crippen molar-refractivity contribution in [3.8, 4) is 11.5 Å². The first-order chi connectivity index (χ1) is 15.3. The van der Waals surface area contributed by atoms with Gasteiger partial charge in [-0.3, -0.25) is 0 Å². The van der Waals surface area contributed by atoms with Gasteiger partial charge in [-0.2, -0.15) is 20.1 Å². The predicted molar refractivity (Wildman–Crippen MR) is 123 cm³/mol. The van der Waals surface area contributed by atoms with E-state index in [0.717, 1.165) is 49.4 Å². The summed E-state index contributed by atoms with van der Waals surface area (Å²) in [5.74, 6) is 3.36. The van der Waals surface area contributed by atoms with Crippen molar-refractivity contribution >= 4 is 24.1 Å². The molecule has 31 heavy (non-hydrogen) atoms. The Kier molecular flexibility index (Phi) is 7.01. The highest BCUT2D eigenvalue weighted by molar-refractivity contribution is 5.84. The fraction of sp³-hybridized carbons (Fsp3) is 0.545. The molecule has 0 unspecified atom stereocenters. The molecule has 9 heteroatoms. The first-order valence-electron chi connectivity index (χ1n) is 11.0. The second-order valence-electron chi connectivity index (χ2n) is 7.83. The number of hydrogen-bond acceptors (Lipinski definition) is 9. The van der Waals surface area contributed by atoms with Gasteiger partial charge < -0.3 is 19.3 Å². The number of rotatable bonds is 7. The molecular formula is C22H31N7O2. The van der Waals surface area contributed by atoms with Gasteiger partial charge in [0.25, 0.3) is 0 Å². The summed E-state index contributed by atoms with van der Waals surface area (Å²) < 4.78 is 10.7. The molecule has 0 spiro atoms. The Bertz CT molecular complexity index is 857. The number of nitrogens with one attached hydrogen (secondary N) is 1. The van der Waals surface area contributed by atoms with Crippen molar-refractivity contribution in [3.63, 3.8) is 0 Å². The first-order valence-corrected chi connectivity index (χ1v) is 11.0. The third kappa shape index (κ3) is 5.34. The van der Waals surface area contributed by atoms with Gasteiger partial charge in [-0.1, -0.05) is 0 Å². The van der Waals surface area contributed by atoms with Crippen molar-refractivity contribution in [2.24, 2.45) is 5.10 Å². The van der Waals surface area contributed by atoms with E-state index in [-0.39, 0.29) is 0 Å². The summed E-state index contributed by atoms with van der Waals surface area (Å²) in [5, 5.41) is 4.37. The van der Waals surface area contributed by atoms with Gasteiger partial charge in [0.2, 0.25) is 17.8 Å². The Morgan fingerprint density at radius 2 is 1.45 bits per heavy atom. The van der Waals surface area contributed by atoms with Crippen molar-refractivity contribution in [1.29, 1.82) is 0 Å². The molecule has 0 aliphatic carbocycles. The summed E-state index contributed by atoms with van der Waals surface area (Å²) >= 11 is 0. The monoisotopic (exact) mass is 425 g/mol. The SMILES string of the molecule is COc1ccc(OC)c(/C=N/Nc2nc(N3CCCCC3)nc(N3CCCCC3)n2)c1. The van der Waals surface area contributed by atoms with Crippen LogP contribution in [0.3, 0.4) is 0 Å². The Morgan fingerprint density at radius 3 is 2.00 bits per heavy atom. The van der Waals surface area contributed by atoms with Crippen LogP contribution < -0.4 is 24.7 Å². The third-order valence-corrected chi connectivity index (χ3v) is 5.69. The molecule has 0 radical (unpaired) electrons. The van der Waals surface area contributed by atoms with Gasteiger partial charge in [0.1, 0.15) is 11.5 Å². The van der Waals surface area contributed by atoms with Crippen LogP contribution in [-0.2, 0) is 0 Å². The molecule has 0 amide bonds. The zero-order valence-corrected chi connectivity index (χ0v) is 18.4. The molecule has 2 saturated heterocycles. The highest BCUT2D eigenvalue weighted by Gasteiger charge is 2.20. The summed E-state index contributed by atoms with van der Waals surface area (Å²) in [6.45, 7) is 3.92. The minimum atomic E-state index is 0.453. The van der Waals surface area contributed by atoms with Crippen LogP contribution in [0.1, 0.15) is 44.1 Å². The van der Waals surface area contributed by atoms with Crippen molar-refractivity contribution in [3.05, 3.63) is 23.8 Å². The fourth-order valence-corrected chi connectivity index (χ4v) is 3.97. The number of aromatic nitrogens is 3. The van der Waals surface area contributed by atoms with Crippen LogP contribution >= 0.6 is 0 Å². The maximum atomic E-state index is 5.42. The van der Waals surface area contributed by atoms with Gasteiger partial charge in [-0.05, 0) is 56.7 Å². The summed E-state index contributed by atoms with van der Waals surface area (Å²) in [5.41, 5.74) is 3.80. The van der Waals surface area contributed by atoms with E-state index in [1.807, 2.05) is 18.2 Å². The molecule has 2 aliphatic heterocycles. The average Bonchev–Trinajstić information content (AvgIpc) is 2.85. The molecular weight excluding hydrogens is 394 g/mol. The lowest BCUT2D eigenvalue weighted by Gasteiger charge is -2.30. The molecule has 1 N–H and O–H groups in total. The van der Waals surface area contributed by atoms with Crippen LogP contribution in [0.5, 0.6) is 11.5 Å². The molecule has 166 valence electrons. The molecule has 1 aromatic carbocycles. The number of piperidine rings is 2. The Morgan fingerprint density at radius 1 is 0.839 bits per heavy atom. The minimum Gasteiger partial charge on any atom is -0.497 e. The zero-order chi connectivity index (χ0) is 21.5. The van der Waals surface area contributed by atoms with E-state index in [4.69, 9.17) is 14.5 Å². The van der Waals surface area contributed by atoms with E-state index in [1.54, 1.807) is 20.4 Å². The molecule has 0 bridgehead atoms. The second-order valence-corrected chi connectivity index (χ2v) is 7.83. The molecule has 3 heterocycles. The number of anilines is 3. The predicted octanol–water partition coefficient (Wildman–Crippen LogP) is 3.32. The lowest BCUT2D eigenvalue weighted by Crippen LogP contribution is -2.34. The van der Waals surface area contributed by atoms with E-state index >= 15 is 0 Å². The van der Waals surface area contributed by atoms with Crippen molar-refractivity contribution in [1.82, 2.24) is 15.0 Å². The Balaban J connectivity index is 1.57. The molecule has 1 aromatic heterocycles. The lowest BCUT2D eigenvalue weighted by atomic mass is 10.1. The molecule has 9 nitrogen and oxygen atoms in total. The van der Waals surface area contributed by atoms with Crippen LogP contribution in [0.15, 0.2) is 23.3 Å². The van der Waals surface area contributed by atoms with Crippen LogP contribution in [0.2, 0.25) is 0 Å². The number of methoxy groups -OCH3 is 2.